The summed E-state index contributed by atoms with van der Waals surface area (Å²) >= 11 is 0. The lowest BCUT2D eigenvalue weighted by molar-refractivity contribution is 0.669. The lowest BCUT2D eigenvalue weighted by Crippen LogP contribution is -2.11. The molecule has 6 aromatic carbocycles. The van der Waals surface area contributed by atoms with Gasteiger partial charge >= 0.3 is 0 Å². The van der Waals surface area contributed by atoms with E-state index in [0.717, 1.165) is 78.1 Å². The summed E-state index contributed by atoms with van der Waals surface area (Å²) in [6, 6.07) is 50.5. The molecule has 1 aromatic heterocycles. The molecule has 1 aliphatic rings. The number of para-hydroxylation sites is 4. The predicted octanol–water partition coefficient (Wildman–Crippen LogP) is 11.8. The minimum absolute atomic E-state index is 0.885. The van der Waals surface area contributed by atoms with Crippen molar-refractivity contribution in [3.8, 4) is 11.1 Å². The monoisotopic (exact) mass is 578 g/mol. The molecular weight excluding hydrogens is 548 g/mol. The van der Waals surface area contributed by atoms with Crippen molar-refractivity contribution in [2.24, 2.45) is 0 Å². The fourth-order valence-corrected chi connectivity index (χ4v) is 6.14. The summed E-state index contributed by atoms with van der Waals surface area (Å²) in [6.07, 6.45) is 6.53. The second kappa shape index (κ2) is 11.2. The summed E-state index contributed by atoms with van der Waals surface area (Å²) in [7, 11) is 0. The van der Waals surface area contributed by atoms with Crippen LogP contribution in [0.3, 0.4) is 0 Å². The Morgan fingerprint density at radius 2 is 1.29 bits per heavy atom. The van der Waals surface area contributed by atoms with E-state index in [4.69, 9.17) is 4.42 Å². The van der Waals surface area contributed by atoms with Crippen LogP contribution in [0.25, 0.3) is 44.2 Å². The zero-order valence-corrected chi connectivity index (χ0v) is 24.7. The first-order chi connectivity index (χ1) is 22.2. The lowest BCUT2D eigenvalue weighted by Gasteiger charge is -2.26. The van der Waals surface area contributed by atoms with Crippen LogP contribution in [0.15, 0.2) is 175 Å². The molecule has 0 saturated heterocycles. The number of hydrogen-bond acceptors (Lipinski definition) is 3. The van der Waals surface area contributed by atoms with Crippen LogP contribution in [0.1, 0.15) is 11.1 Å². The Labute approximate surface area is 262 Å². The lowest BCUT2D eigenvalue weighted by atomic mass is 9.93. The van der Waals surface area contributed by atoms with Crippen molar-refractivity contribution in [1.29, 1.82) is 0 Å². The number of anilines is 4. The van der Waals surface area contributed by atoms with Gasteiger partial charge in [-0.3, -0.25) is 0 Å². The largest absolute Gasteiger partial charge is 0.456 e. The SMILES string of the molecule is C=C1/C=C(c2ccc(Nc3ccccc3)c(-c3ccc4oc5ccccc5c4c3)c2)\C=C/N(c2ccccc2)c2ccccc21. The normalized spacial score (nSPS) is 14.8. The molecular formula is C42H30N2O. The van der Waals surface area contributed by atoms with E-state index in [0.29, 0.717) is 0 Å². The molecule has 1 aliphatic heterocycles. The molecule has 0 saturated carbocycles. The van der Waals surface area contributed by atoms with Crippen LogP contribution in [0, 0.1) is 0 Å². The molecule has 0 unspecified atom stereocenters. The van der Waals surface area contributed by atoms with Crippen LogP contribution in [0.5, 0.6) is 0 Å². The number of allylic oxidation sites excluding steroid dienone is 4. The quantitative estimate of drug-likeness (QED) is 0.220. The minimum atomic E-state index is 0.885. The number of furan rings is 1. The highest BCUT2D eigenvalue weighted by molar-refractivity contribution is 6.07. The summed E-state index contributed by atoms with van der Waals surface area (Å²) in [4.78, 5) is 2.23. The van der Waals surface area contributed by atoms with Gasteiger partial charge < -0.3 is 14.6 Å². The summed E-state index contributed by atoms with van der Waals surface area (Å²) in [5.74, 6) is 0. The molecule has 214 valence electrons. The molecule has 1 N–H and O–H groups in total. The van der Waals surface area contributed by atoms with Gasteiger partial charge in [-0.1, -0.05) is 91.5 Å². The first kappa shape index (κ1) is 26.6. The highest BCUT2D eigenvalue weighted by atomic mass is 16.3. The Kier molecular flexibility index (Phi) is 6.62. The van der Waals surface area contributed by atoms with Gasteiger partial charge in [0.15, 0.2) is 0 Å². The molecule has 2 heterocycles. The zero-order valence-electron chi connectivity index (χ0n) is 24.7. The maximum absolute atomic E-state index is 6.15. The van der Waals surface area contributed by atoms with Crippen LogP contribution >= 0.6 is 0 Å². The second-order valence-corrected chi connectivity index (χ2v) is 11.2. The van der Waals surface area contributed by atoms with Gasteiger partial charge in [-0.05, 0) is 95.1 Å². The molecule has 0 atom stereocenters. The molecule has 0 amide bonds. The third-order valence-electron chi connectivity index (χ3n) is 8.37. The first-order valence-corrected chi connectivity index (χ1v) is 15.1. The fourth-order valence-electron chi connectivity index (χ4n) is 6.14. The third-order valence-corrected chi connectivity index (χ3v) is 8.37. The van der Waals surface area contributed by atoms with Gasteiger partial charge in [-0.25, -0.2) is 0 Å². The molecule has 3 nitrogen and oxygen atoms in total. The van der Waals surface area contributed by atoms with E-state index in [1.54, 1.807) is 0 Å². The molecule has 3 heteroatoms. The van der Waals surface area contributed by atoms with Crippen molar-refractivity contribution < 1.29 is 4.42 Å². The number of nitrogens with zero attached hydrogens (tertiary/aromatic N) is 1. The number of rotatable bonds is 5. The van der Waals surface area contributed by atoms with Crippen molar-refractivity contribution in [2.45, 2.75) is 0 Å². The number of nitrogens with one attached hydrogen (secondary N) is 1. The second-order valence-electron chi connectivity index (χ2n) is 11.2. The average Bonchev–Trinajstić information content (AvgIpc) is 3.46. The van der Waals surface area contributed by atoms with Crippen molar-refractivity contribution in [2.75, 3.05) is 10.2 Å². The topological polar surface area (TPSA) is 28.4 Å². The van der Waals surface area contributed by atoms with E-state index in [1.807, 2.05) is 36.4 Å². The third kappa shape index (κ3) is 5.01. The minimum Gasteiger partial charge on any atom is -0.456 e. The number of benzene rings is 6. The first-order valence-electron chi connectivity index (χ1n) is 15.1. The zero-order chi connectivity index (χ0) is 30.2. The molecule has 0 aliphatic carbocycles. The van der Waals surface area contributed by atoms with Crippen molar-refractivity contribution >= 4 is 55.8 Å². The van der Waals surface area contributed by atoms with Gasteiger partial charge in [0.2, 0.25) is 0 Å². The van der Waals surface area contributed by atoms with E-state index < -0.39 is 0 Å². The van der Waals surface area contributed by atoms with Crippen LogP contribution in [-0.4, -0.2) is 0 Å². The van der Waals surface area contributed by atoms with Crippen LogP contribution in [0.2, 0.25) is 0 Å². The van der Waals surface area contributed by atoms with Crippen molar-refractivity contribution in [1.82, 2.24) is 0 Å². The van der Waals surface area contributed by atoms with E-state index in [9.17, 15) is 0 Å². The molecule has 7 aromatic rings. The van der Waals surface area contributed by atoms with Gasteiger partial charge in [-0.2, -0.15) is 0 Å². The Morgan fingerprint density at radius 1 is 0.578 bits per heavy atom. The van der Waals surface area contributed by atoms with Gasteiger partial charge in [0.1, 0.15) is 11.2 Å². The van der Waals surface area contributed by atoms with Crippen molar-refractivity contribution in [3.63, 3.8) is 0 Å². The standard InChI is InChI=1S/C42H30N2O/c1-29-26-31(24-25-44(34-14-6-3-7-15-34)40-18-10-8-16-35(29)40)30-20-22-39(43-33-12-4-2-5-13-33)37(27-30)32-21-23-42-38(28-32)36-17-9-11-19-41(36)45-42/h2-28,43H,1H2/b25-24-,31-26+. The van der Waals surface area contributed by atoms with Gasteiger partial charge in [0.25, 0.3) is 0 Å². The summed E-state index contributed by atoms with van der Waals surface area (Å²) in [5, 5.41) is 5.89. The Balaban J connectivity index is 1.28. The Bertz CT molecular complexity index is 2260. The van der Waals surface area contributed by atoms with E-state index >= 15 is 0 Å². The smallest absolute Gasteiger partial charge is 0.135 e. The van der Waals surface area contributed by atoms with Crippen LogP contribution in [0.4, 0.5) is 22.7 Å². The van der Waals surface area contributed by atoms with Crippen LogP contribution < -0.4 is 10.2 Å². The van der Waals surface area contributed by atoms with E-state index in [1.165, 1.54) is 0 Å². The maximum atomic E-state index is 6.15. The van der Waals surface area contributed by atoms with Gasteiger partial charge in [0, 0.05) is 45.2 Å². The maximum Gasteiger partial charge on any atom is 0.135 e. The van der Waals surface area contributed by atoms with Crippen molar-refractivity contribution in [3.05, 3.63) is 182 Å². The van der Waals surface area contributed by atoms with E-state index in [2.05, 4.69) is 144 Å². The number of hydrogen-bond donors (Lipinski definition) is 1. The molecule has 0 spiro atoms. The molecule has 0 bridgehead atoms. The van der Waals surface area contributed by atoms with Gasteiger partial charge in [0.05, 0.1) is 5.69 Å². The van der Waals surface area contributed by atoms with Gasteiger partial charge in [-0.15, -0.1) is 0 Å². The Hall–Kier alpha value is -6.06. The van der Waals surface area contributed by atoms with E-state index in [-0.39, 0.29) is 0 Å². The predicted molar refractivity (Wildman–Crippen MR) is 190 cm³/mol. The highest BCUT2D eigenvalue weighted by Crippen LogP contribution is 2.40. The number of fused-ring (bicyclic) bond motifs is 4. The molecule has 45 heavy (non-hydrogen) atoms. The summed E-state index contributed by atoms with van der Waals surface area (Å²) in [5.41, 5.74) is 12.5. The average molecular weight is 579 g/mol. The molecule has 0 fully saturated rings. The molecule has 8 rings (SSSR count). The molecule has 0 radical (unpaired) electrons. The Morgan fingerprint density at radius 3 is 2.16 bits per heavy atom. The fraction of sp³-hybridized carbons (Fsp3) is 0. The summed E-state index contributed by atoms with van der Waals surface area (Å²) < 4.78 is 6.15. The summed E-state index contributed by atoms with van der Waals surface area (Å²) in [6.45, 7) is 4.51. The highest BCUT2D eigenvalue weighted by Gasteiger charge is 2.17. The van der Waals surface area contributed by atoms with Crippen LogP contribution in [-0.2, 0) is 0 Å².